The molecule has 0 aliphatic rings. The monoisotopic (exact) mass is 466 g/mol. The Morgan fingerprint density at radius 3 is 2.41 bits per heavy atom. The van der Waals surface area contributed by atoms with E-state index in [1.165, 1.54) is 0 Å². The molecule has 7 heteroatoms. The number of carbonyl (C=O) groups is 2. The number of carbonyl (C=O) groups excluding carboxylic acids is 1. The molecule has 0 spiro atoms. The molecule has 0 saturated carbocycles. The first-order valence-corrected chi connectivity index (χ1v) is 12.5. The summed E-state index contributed by atoms with van der Waals surface area (Å²) in [7, 11) is 0. The second kappa shape index (κ2) is 11.2. The molecule has 5 nitrogen and oxygen atoms in total. The lowest BCUT2D eigenvalue weighted by Crippen LogP contribution is -2.54. The summed E-state index contributed by atoms with van der Waals surface area (Å²) >= 11 is 3.23. The molecule has 2 N–H and O–H groups in total. The minimum atomic E-state index is -1.55. The second-order valence-corrected chi connectivity index (χ2v) is 9.64. The van der Waals surface area contributed by atoms with Crippen LogP contribution in [0, 0.1) is 6.92 Å². The van der Waals surface area contributed by atoms with Crippen LogP contribution in [0.3, 0.4) is 0 Å². The smallest absolute Gasteiger partial charge is 0.334 e. The van der Waals surface area contributed by atoms with Crippen LogP contribution >= 0.6 is 23.5 Å². The fourth-order valence-corrected chi connectivity index (χ4v) is 5.54. The molecule has 0 radical (unpaired) electrons. The Hall–Kier alpha value is -2.77. The average molecular weight is 467 g/mol. The lowest BCUT2D eigenvalue weighted by Gasteiger charge is -2.35. The minimum absolute atomic E-state index is 0.0213. The van der Waals surface area contributed by atoms with Crippen molar-refractivity contribution < 1.29 is 14.7 Å². The molecule has 2 aromatic carbocycles. The van der Waals surface area contributed by atoms with Crippen molar-refractivity contribution in [1.82, 2.24) is 10.3 Å². The van der Waals surface area contributed by atoms with E-state index in [0.717, 1.165) is 10.5 Å². The molecular formula is C25H26N2O3S2. The van der Waals surface area contributed by atoms with Crippen LogP contribution in [0.25, 0.3) is 0 Å². The molecule has 1 heterocycles. The van der Waals surface area contributed by atoms with Crippen LogP contribution in [0.15, 0.2) is 84.0 Å². The third-order valence-corrected chi connectivity index (χ3v) is 7.63. The van der Waals surface area contributed by atoms with Crippen molar-refractivity contribution in [3.8, 4) is 0 Å². The normalized spacial score (nSPS) is 13.7. The van der Waals surface area contributed by atoms with Gasteiger partial charge in [-0.25, -0.2) is 4.79 Å². The van der Waals surface area contributed by atoms with E-state index in [4.69, 9.17) is 0 Å². The minimum Gasteiger partial charge on any atom is -0.479 e. The highest BCUT2D eigenvalue weighted by molar-refractivity contribution is 8.03. The summed E-state index contributed by atoms with van der Waals surface area (Å²) in [6, 6.07) is 19.9. The average Bonchev–Trinajstić information content (AvgIpc) is 2.82. The molecule has 0 bridgehead atoms. The van der Waals surface area contributed by atoms with E-state index in [2.05, 4.69) is 10.3 Å². The zero-order valence-corrected chi connectivity index (χ0v) is 19.7. The molecule has 0 saturated heterocycles. The summed E-state index contributed by atoms with van der Waals surface area (Å²) in [6.45, 7) is 1.88. The van der Waals surface area contributed by atoms with Gasteiger partial charge in [-0.1, -0.05) is 42.5 Å². The van der Waals surface area contributed by atoms with E-state index in [0.29, 0.717) is 16.9 Å². The van der Waals surface area contributed by atoms with Crippen LogP contribution in [0.2, 0.25) is 0 Å². The van der Waals surface area contributed by atoms with Gasteiger partial charge in [0.1, 0.15) is 0 Å². The van der Waals surface area contributed by atoms with E-state index in [9.17, 15) is 14.7 Å². The van der Waals surface area contributed by atoms with Crippen molar-refractivity contribution in [2.75, 3.05) is 12.0 Å². The van der Waals surface area contributed by atoms with E-state index in [1.54, 1.807) is 66.2 Å². The highest BCUT2D eigenvalue weighted by Gasteiger charge is 2.44. The zero-order valence-electron chi connectivity index (χ0n) is 18.0. The van der Waals surface area contributed by atoms with Crippen molar-refractivity contribution >= 4 is 35.4 Å². The lowest BCUT2D eigenvalue weighted by atomic mass is 9.82. The molecule has 1 unspecified atom stereocenters. The van der Waals surface area contributed by atoms with Gasteiger partial charge in [-0.05, 0) is 55.0 Å². The molecule has 0 aliphatic carbocycles. The summed E-state index contributed by atoms with van der Waals surface area (Å²) in [5, 5.41) is 13.4. The molecule has 0 fully saturated rings. The van der Waals surface area contributed by atoms with Crippen LogP contribution in [-0.2, 0) is 10.3 Å². The topological polar surface area (TPSA) is 79.3 Å². The van der Waals surface area contributed by atoms with Gasteiger partial charge in [0.05, 0.1) is 0 Å². The molecule has 0 aliphatic heterocycles. The number of hydrogen-bond donors (Lipinski definition) is 2. The number of benzene rings is 2. The maximum absolute atomic E-state index is 13.1. The highest BCUT2D eigenvalue weighted by Crippen LogP contribution is 2.35. The number of aryl methyl sites for hydroxylation is 1. The van der Waals surface area contributed by atoms with Crippen LogP contribution in [0.1, 0.15) is 27.9 Å². The SMILES string of the molecule is CSC(CSc1cccnc1)C[C@](NC(=O)c1ccccc1)(C(=O)O)c1ccccc1C. The van der Waals surface area contributed by atoms with E-state index >= 15 is 0 Å². The van der Waals surface area contributed by atoms with Gasteiger partial charge in [-0.3, -0.25) is 9.78 Å². The van der Waals surface area contributed by atoms with Gasteiger partial charge in [-0.2, -0.15) is 11.8 Å². The molecule has 3 aromatic rings. The number of thioether (sulfide) groups is 2. The maximum Gasteiger partial charge on any atom is 0.334 e. The van der Waals surface area contributed by atoms with E-state index < -0.39 is 17.4 Å². The number of amides is 1. The number of aliphatic carboxylic acids is 1. The van der Waals surface area contributed by atoms with Crippen LogP contribution in [-0.4, -0.2) is 39.2 Å². The number of pyridine rings is 1. The lowest BCUT2D eigenvalue weighted by molar-refractivity contribution is -0.145. The van der Waals surface area contributed by atoms with Crippen molar-refractivity contribution in [3.63, 3.8) is 0 Å². The summed E-state index contributed by atoms with van der Waals surface area (Å²) < 4.78 is 0. The number of carboxylic acids is 1. The van der Waals surface area contributed by atoms with Gasteiger partial charge in [0.2, 0.25) is 0 Å². The van der Waals surface area contributed by atoms with Crippen LogP contribution < -0.4 is 5.32 Å². The Balaban J connectivity index is 1.95. The quantitative estimate of drug-likeness (QED) is 0.409. The van der Waals surface area contributed by atoms with Crippen LogP contribution in [0.4, 0.5) is 0 Å². The van der Waals surface area contributed by atoms with Crippen LogP contribution in [0.5, 0.6) is 0 Å². The Morgan fingerprint density at radius 2 is 1.78 bits per heavy atom. The third-order valence-electron chi connectivity index (χ3n) is 5.27. The Bertz CT molecular complexity index is 1050. The standard InChI is InChI=1S/C25H26N2O3S2/c1-18-9-6-7-13-22(18)25(24(29)30,27-23(28)19-10-4-3-5-11-19)15-21(31-2)17-32-20-12-8-14-26-16-20/h3-14,16,21H,15,17H2,1-2H3,(H,27,28)(H,29,30)/t21?,25-/m1/s1. The zero-order chi connectivity index (χ0) is 23.0. The van der Waals surface area contributed by atoms with Crippen molar-refractivity contribution in [2.45, 2.75) is 29.0 Å². The van der Waals surface area contributed by atoms with Gasteiger partial charge in [0.15, 0.2) is 5.54 Å². The van der Waals surface area contributed by atoms with Gasteiger partial charge in [0.25, 0.3) is 5.91 Å². The highest BCUT2D eigenvalue weighted by atomic mass is 32.2. The fourth-order valence-electron chi connectivity index (χ4n) is 3.57. The van der Waals surface area contributed by atoms with Gasteiger partial charge in [0, 0.05) is 33.9 Å². The maximum atomic E-state index is 13.1. The van der Waals surface area contributed by atoms with Gasteiger partial charge >= 0.3 is 5.97 Å². The van der Waals surface area contributed by atoms with Crippen molar-refractivity contribution in [3.05, 3.63) is 95.8 Å². The van der Waals surface area contributed by atoms with Gasteiger partial charge in [-0.15, -0.1) is 11.8 Å². The largest absolute Gasteiger partial charge is 0.479 e. The number of rotatable bonds is 10. The Kier molecular flexibility index (Phi) is 8.36. The molecular weight excluding hydrogens is 440 g/mol. The first-order valence-electron chi connectivity index (χ1n) is 10.2. The molecule has 1 amide bonds. The Labute approximate surface area is 197 Å². The summed E-state index contributed by atoms with van der Waals surface area (Å²) in [5.74, 6) is -0.785. The number of nitrogens with one attached hydrogen (secondary N) is 1. The first kappa shape index (κ1) is 23.9. The molecule has 166 valence electrons. The summed E-state index contributed by atoms with van der Waals surface area (Å²) in [5.41, 5.74) is 0.295. The fraction of sp³-hybridized carbons (Fsp3) is 0.240. The summed E-state index contributed by atoms with van der Waals surface area (Å²) in [6.07, 6.45) is 5.74. The number of carboxylic acid groups (broad SMARTS) is 1. The van der Waals surface area contributed by atoms with E-state index in [1.807, 2.05) is 49.6 Å². The first-order chi connectivity index (χ1) is 15.5. The molecule has 1 aromatic heterocycles. The number of aromatic nitrogens is 1. The predicted molar refractivity (Wildman–Crippen MR) is 131 cm³/mol. The summed E-state index contributed by atoms with van der Waals surface area (Å²) in [4.78, 5) is 31.1. The van der Waals surface area contributed by atoms with Crippen molar-refractivity contribution in [2.24, 2.45) is 0 Å². The van der Waals surface area contributed by atoms with Crippen molar-refractivity contribution in [1.29, 1.82) is 0 Å². The number of hydrogen-bond acceptors (Lipinski definition) is 5. The third kappa shape index (κ3) is 5.72. The van der Waals surface area contributed by atoms with Gasteiger partial charge < -0.3 is 10.4 Å². The second-order valence-electron chi connectivity index (χ2n) is 7.41. The van der Waals surface area contributed by atoms with E-state index in [-0.39, 0.29) is 11.7 Å². The molecule has 32 heavy (non-hydrogen) atoms. The molecule has 3 rings (SSSR count). The predicted octanol–water partition coefficient (Wildman–Crippen LogP) is 5.01. The Morgan fingerprint density at radius 1 is 1.06 bits per heavy atom. The number of nitrogens with zero attached hydrogens (tertiary/aromatic N) is 1. The molecule has 2 atom stereocenters.